The number of amides is 1. The molecule has 1 aromatic carbocycles. The molecular weight excluding hydrogens is 220 g/mol. The third-order valence-electron chi connectivity index (χ3n) is 2.09. The molecule has 0 saturated heterocycles. The number of carbonyl (C=O) groups excluding carboxylic acids is 1. The van der Waals surface area contributed by atoms with E-state index in [0.29, 0.717) is 6.54 Å². The van der Waals surface area contributed by atoms with Crippen LogP contribution in [0.15, 0.2) is 24.3 Å². The number of carbonyl (C=O) groups is 2. The monoisotopic (exact) mass is 234 g/mol. The summed E-state index contributed by atoms with van der Waals surface area (Å²) in [6, 6.07) is 4.75. The van der Waals surface area contributed by atoms with Gasteiger partial charge in [0.15, 0.2) is 0 Å². The quantitative estimate of drug-likeness (QED) is 0.680. The van der Waals surface area contributed by atoms with Crippen LogP contribution in [0.5, 0.6) is 0 Å². The zero-order valence-corrected chi connectivity index (χ0v) is 9.43. The molecule has 5 nitrogen and oxygen atoms in total. The number of nitrogen functional groups attached to an aromatic ring is 1. The van der Waals surface area contributed by atoms with Gasteiger partial charge >= 0.3 is 5.97 Å². The fourth-order valence-corrected chi connectivity index (χ4v) is 1.26. The standard InChI is InChI=1S/C12H14N2O3/c1-8(15)14-6-2-3-9-4-5-11(13)10(7-9)12(16)17/h2-5,7H,6,13H2,1H3,(H,14,15)(H,16,17). The molecule has 0 saturated carbocycles. The van der Waals surface area contributed by atoms with Crippen LogP contribution < -0.4 is 11.1 Å². The highest BCUT2D eigenvalue weighted by molar-refractivity contribution is 5.94. The highest BCUT2D eigenvalue weighted by atomic mass is 16.4. The zero-order valence-electron chi connectivity index (χ0n) is 9.43. The Balaban J connectivity index is 2.75. The Labute approximate surface area is 98.9 Å². The smallest absolute Gasteiger partial charge is 0.337 e. The Morgan fingerprint density at radius 1 is 1.47 bits per heavy atom. The van der Waals surface area contributed by atoms with E-state index < -0.39 is 5.97 Å². The predicted molar refractivity (Wildman–Crippen MR) is 65.5 cm³/mol. The maximum Gasteiger partial charge on any atom is 0.337 e. The fraction of sp³-hybridized carbons (Fsp3) is 0.167. The average Bonchev–Trinajstić information content (AvgIpc) is 2.25. The van der Waals surface area contributed by atoms with Gasteiger partial charge in [0.05, 0.1) is 5.56 Å². The molecule has 0 aliphatic rings. The highest BCUT2D eigenvalue weighted by Gasteiger charge is 2.07. The first-order chi connectivity index (χ1) is 8.00. The number of aromatic carboxylic acids is 1. The average molecular weight is 234 g/mol. The van der Waals surface area contributed by atoms with Crippen LogP contribution >= 0.6 is 0 Å². The first-order valence-corrected chi connectivity index (χ1v) is 5.04. The van der Waals surface area contributed by atoms with Crippen molar-refractivity contribution in [2.45, 2.75) is 6.92 Å². The van der Waals surface area contributed by atoms with Gasteiger partial charge in [0.1, 0.15) is 0 Å². The number of benzene rings is 1. The molecule has 0 unspecified atom stereocenters. The van der Waals surface area contributed by atoms with E-state index in [9.17, 15) is 9.59 Å². The van der Waals surface area contributed by atoms with E-state index in [1.807, 2.05) is 0 Å². The van der Waals surface area contributed by atoms with E-state index in [1.165, 1.54) is 13.0 Å². The van der Waals surface area contributed by atoms with Gasteiger partial charge in [0.2, 0.25) is 5.91 Å². The summed E-state index contributed by atoms with van der Waals surface area (Å²) in [4.78, 5) is 21.4. The lowest BCUT2D eigenvalue weighted by Gasteiger charge is -2.02. The van der Waals surface area contributed by atoms with E-state index in [0.717, 1.165) is 5.56 Å². The molecule has 0 aromatic heterocycles. The van der Waals surface area contributed by atoms with Crippen molar-refractivity contribution in [3.05, 3.63) is 35.4 Å². The van der Waals surface area contributed by atoms with Gasteiger partial charge in [-0.1, -0.05) is 18.2 Å². The number of carboxylic acid groups (broad SMARTS) is 1. The molecule has 0 radical (unpaired) electrons. The van der Waals surface area contributed by atoms with Crippen LogP contribution in [0.2, 0.25) is 0 Å². The van der Waals surface area contributed by atoms with Crippen LogP contribution in [0.25, 0.3) is 6.08 Å². The molecule has 90 valence electrons. The molecule has 4 N–H and O–H groups in total. The molecule has 1 rings (SSSR count). The summed E-state index contributed by atoms with van der Waals surface area (Å²) >= 11 is 0. The molecule has 0 bridgehead atoms. The molecule has 1 amide bonds. The van der Waals surface area contributed by atoms with Crippen LogP contribution in [-0.4, -0.2) is 23.5 Å². The molecule has 0 heterocycles. The van der Waals surface area contributed by atoms with Crippen LogP contribution in [-0.2, 0) is 4.79 Å². The van der Waals surface area contributed by atoms with E-state index in [1.54, 1.807) is 24.3 Å². The van der Waals surface area contributed by atoms with Crippen molar-refractivity contribution in [2.75, 3.05) is 12.3 Å². The van der Waals surface area contributed by atoms with Crippen LogP contribution in [0.1, 0.15) is 22.8 Å². The molecule has 5 heteroatoms. The number of rotatable bonds is 4. The van der Waals surface area contributed by atoms with Crippen molar-refractivity contribution in [3.8, 4) is 0 Å². The number of nitrogens with one attached hydrogen (secondary N) is 1. The SMILES string of the molecule is CC(=O)NCC=Cc1ccc(N)c(C(=O)O)c1. The van der Waals surface area contributed by atoms with Crippen LogP contribution in [0.4, 0.5) is 5.69 Å². The van der Waals surface area contributed by atoms with E-state index in [-0.39, 0.29) is 17.2 Å². The molecule has 0 atom stereocenters. The lowest BCUT2D eigenvalue weighted by atomic mass is 10.1. The van der Waals surface area contributed by atoms with Gasteiger partial charge in [0.25, 0.3) is 0 Å². The normalized spacial score (nSPS) is 10.4. The summed E-state index contributed by atoms with van der Waals surface area (Å²) in [5.41, 5.74) is 6.56. The first-order valence-electron chi connectivity index (χ1n) is 5.04. The third-order valence-corrected chi connectivity index (χ3v) is 2.09. The maximum atomic E-state index is 10.8. The lowest BCUT2D eigenvalue weighted by Crippen LogP contribution is -2.19. The second-order valence-electron chi connectivity index (χ2n) is 3.49. The predicted octanol–water partition coefficient (Wildman–Crippen LogP) is 1.12. The zero-order chi connectivity index (χ0) is 12.8. The van der Waals surface area contributed by atoms with E-state index >= 15 is 0 Å². The van der Waals surface area contributed by atoms with Crippen LogP contribution in [0.3, 0.4) is 0 Å². The maximum absolute atomic E-state index is 10.8. The summed E-state index contributed by atoms with van der Waals surface area (Å²) in [7, 11) is 0. The van der Waals surface area contributed by atoms with Gasteiger partial charge in [-0.15, -0.1) is 0 Å². The molecule has 17 heavy (non-hydrogen) atoms. The minimum absolute atomic E-state index is 0.0756. The van der Waals surface area contributed by atoms with Crippen molar-refractivity contribution < 1.29 is 14.7 Å². The molecule has 0 fully saturated rings. The van der Waals surface area contributed by atoms with Gasteiger partial charge in [-0.25, -0.2) is 4.79 Å². The number of hydrogen-bond donors (Lipinski definition) is 3. The summed E-state index contributed by atoms with van der Waals surface area (Å²) < 4.78 is 0. The Morgan fingerprint density at radius 2 is 2.18 bits per heavy atom. The fourth-order valence-electron chi connectivity index (χ4n) is 1.26. The first kappa shape index (κ1) is 12.8. The third kappa shape index (κ3) is 3.98. The van der Waals surface area contributed by atoms with Crippen molar-refractivity contribution in [1.82, 2.24) is 5.32 Å². The summed E-state index contributed by atoms with van der Waals surface area (Å²) in [6.07, 6.45) is 3.46. The number of hydrogen-bond acceptors (Lipinski definition) is 3. The van der Waals surface area contributed by atoms with Crippen molar-refractivity contribution in [1.29, 1.82) is 0 Å². The highest BCUT2D eigenvalue weighted by Crippen LogP contribution is 2.15. The van der Waals surface area contributed by atoms with Crippen molar-refractivity contribution in [2.24, 2.45) is 0 Å². The summed E-state index contributed by atoms with van der Waals surface area (Å²) in [5, 5.41) is 11.5. The summed E-state index contributed by atoms with van der Waals surface area (Å²) in [5.74, 6) is -1.17. The topological polar surface area (TPSA) is 92.4 Å². The van der Waals surface area contributed by atoms with E-state index in [4.69, 9.17) is 10.8 Å². The minimum atomic E-state index is -1.06. The molecule has 0 spiro atoms. The molecule has 1 aromatic rings. The van der Waals surface area contributed by atoms with Gasteiger partial charge in [-0.2, -0.15) is 0 Å². The van der Waals surface area contributed by atoms with E-state index in [2.05, 4.69) is 5.32 Å². The van der Waals surface area contributed by atoms with Crippen molar-refractivity contribution in [3.63, 3.8) is 0 Å². The minimum Gasteiger partial charge on any atom is -0.478 e. The largest absolute Gasteiger partial charge is 0.478 e. The number of anilines is 1. The summed E-state index contributed by atoms with van der Waals surface area (Å²) in [6.45, 7) is 1.84. The second-order valence-corrected chi connectivity index (χ2v) is 3.49. The Bertz CT molecular complexity index is 467. The second kappa shape index (κ2) is 5.69. The lowest BCUT2D eigenvalue weighted by molar-refractivity contribution is -0.118. The Hall–Kier alpha value is -2.30. The van der Waals surface area contributed by atoms with Gasteiger partial charge < -0.3 is 16.2 Å². The Morgan fingerprint density at radius 3 is 2.76 bits per heavy atom. The number of nitrogens with two attached hydrogens (primary N) is 1. The van der Waals surface area contributed by atoms with Crippen LogP contribution in [0, 0.1) is 0 Å². The van der Waals surface area contributed by atoms with Gasteiger partial charge in [-0.05, 0) is 17.7 Å². The van der Waals surface area contributed by atoms with Gasteiger partial charge in [0, 0.05) is 19.2 Å². The Kier molecular flexibility index (Phi) is 4.28. The molecular formula is C12H14N2O3. The van der Waals surface area contributed by atoms with Crippen molar-refractivity contribution >= 4 is 23.6 Å². The van der Waals surface area contributed by atoms with Gasteiger partial charge in [-0.3, -0.25) is 4.79 Å². The molecule has 0 aliphatic carbocycles. The molecule has 0 aliphatic heterocycles. The number of carboxylic acids is 1.